The third-order valence-corrected chi connectivity index (χ3v) is 6.77. The summed E-state index contributed by atoms with van der Waals surface area (Å²) in [6.45, 7) is 1.98. The zero-order valence-electron chi connectivity index (χ0n) is 15.7. The van der Waals surface area contributed by atoms with E-state index in [0.717, 1.165) is 34.2 Å². The van der Waals surface area contributed by atoms with Crippen LogP contribution in [0.1, 0.15) is 27.0 Å². The van der Waals surface area contributed by atoms with Crippen LogP contribution in [0.5, 0.6) is 0 Å². The second-order valence-corrected chi connectivity index (χ2v) is 9.30. The van der Waals surface area contributed by atoms with Crippen molar-refractivity contribution < 1.29 is 4.79 Å². The minimum atomic E-state index is -0.0555. The number of hydrogen-bond acceptors (Lipinski definition) is 7. The van der Waals surface area contributed by atoms with Gasteiger partial charge in [-0.3, -0.25) is 9.89 Å². The molecule has 1 aromatic carbocycles. The van der Waals surface area contributed by atoms with Crippen LogP contribution in [0.3, 0.4) is 0 Å². The number of nitrogens with one attached hydrogen (secondary N) is 2. The standard InChI is InChI=1S/C20H19N5OS3/c1-13-5-2-3-7-16(13)22-18(26)10-19-21-14(11-28-19)12-29-20-23-17(24-25-20)9-15-6-4-8-27-15/h2-8,11H,9-10,12H2,1H3,(H,22,26)(H,23,24,25). The molecule has 4 aromatic rings. The molecule has 0 aliphatic carbocycles. The van der Waals surface area contributed by atoms with Crippen LogP contribution in [0.25, 0.3) is 0 Å². The average Bonchev–Trinajstić information content (AvgIpc) is 3.45. The molecule has 2 N–H and O–H groups in total. The second kappa shape index (κ2) is 9.34. The minimum Gasteiger partial charge on any atom is -0.325 e. The molecular formula is C20H19N5OS3. The van der Waals surface area contributed by atoms with Gasteiger partial charge in [-0.25, -0.2) is 9.97 Å². The molecule has 148 valence electrons. The van der Waals surface area contributed by atoms with E-state index in [4.69, 9.17) is 0 Å². The zero-order valence-corrected chi connectivity index (χ0v) is 18.2. The Balaban J connectivity index is 1.28. The molecule has 0 bridgehead atoms. The molecule has 9 heteroatoms. The number of carbonyl (C=O) groups is 1. The molecule has 3 aromatic heterocycles. The van der Waals surface area contributed by atoms with Crippen LogP contribution >= 0.6 is 34.4 Å². The van der Waals surface area contributed by atoms with Crippen molar-refractivity contribution in [2.24, 2.45) is 0 Å². The summed E-state index contributed by atoms with van der Waals surface area (Å²) >= 11 is 4.75. The van der Waals surface area contributed by atoms with Crippen LogP contribution in [-0.2, 0) is 23.4 Å². The Morgan fingerprint density at radius 3 is 2.90 bits per heavy atom. The highest BCUT2D eigenvalue weighted by Gasteiger charge is 2.11. The maximum absolute atomic E-state index is 12.3. The molecule has 3 heterocycles. The van der Waals surface area contributed by atoms with E-state index < -0.39 is 0 Å². The van der Waals surface area contributed by atoms with Gasteiger partial charge >= 0.3 is 0 Å². The zero-order chi connectivity index (χ0) is 20.1. The molecule has 0 spiro atoms. The molecule has 6 nitrogen and oxygen atoms in total. The van der Waals surface area contributed by atoms with Crippen molar-refractivity contribution in [3.8, 4) is 0 Å². The molecule has 0 saturated heterocycles. The summed E-state index contributed by atoms with van der Waals surface area (Å²) in [6, 6.07) is 11.9. The number of thiazole rings is 1. The first kappa shape index (κ1) is 19.8. The van der Waals surface area contributed by atoms with Crippen molar-refractivity contribution in [1.82, 2.24) is 20.2 Å². The number of anilines is 1. The lowest BCUT2D eigenvalue weighted by Gasteiger charge is -2.06. The van der Waals surface area contributed by atoms with Crippen LogP contribution in [-0.4, -0.2) is 26.1 Å². The summed E-state index contributed by atoms with van der Waals surface area (Å²) in [7, 11) is 0. The Morgan fingerprint density at radius 2 is 2.07 bits per heavy atom. The molecular weight excluding hydrogens is 422 g/mol. The number of H-pyrrole nitrogens is 1. The molecule has 0 aliphatic heterocycles. The summed E-state index contributed by atoms with van der Waals surface area (Å²) in [4.78, 5) is 22.6. The highest BCUT2D eigenvalue weighted by atomic mass is 32.2. The molecule has 0 aliphatic rings. The predicted octanol–water partition coefficient (Wildman–Crippen LogP) is 4.70. The monoisotopic (exact) mass is 441 g/mol. The first-order valence-electron chi connectivity index (χ1n) is 9.01. The number of nitrogens with zero attached hydrogens (tertiary/aromatic N) is 3. The molecule has 0 radical (unpaired) electrons. The summed E-state index contributed by atoms with van der Waals surface area (Å²) < 4.78 is 0. The van der Waals surface area contributed by atoms with E-state index in [1.807, 2.05) is 42.6 Å². The number of benzene rings is 1. The number of aromatic nitrogens is 4. The predicted molar refractivity (Wildman–Crippen MR) is 119 cm³/mol. The number of amides is 1. The third-order valence-electron chi connectivity index (χ3n) is 4.11. The first-order chi connectivity index (χ1) is 14.2. The Labute approximate surface area is 180 Å². The fraction of sp³-hybridized carbons (Fsp3) is 0.200. The number of carbonyl (C=O) groups excluding carboxylic acids is 1. The highest BCUT2D eigenvalue weighted by molar-refractivity contribution is 7.98. The van der Waals surface area contributed by atoms with Crippen LogP contribution < -0.4 is 5.32 Å². The maximum Gasteiger partial charge on any atom is 0.231 e. The number of aryl methyl sites for hydroxylation is 1. The molecule has 0 fully saturated rings. The van der Waals surface area contributed by atoms with E-state index in [2.05, 4.69) is 36.9 Å². The van der Waals surface area contributed by atoms with Crippen LogP contribution in [0, 0.1) is 6.92 Å². The van der Waals surface area contributed by atoms with Crippen LogP contribution in [0.15, 0.2) is 52.3 Å². The highest BCUT2D eigenvalue weighted by Crippen LogP contribution is 2.22. The van der Waals surface area contributed by atoms with Gasteiger partial charge in [-0.1, -0.05) is 36.0 Å². The van der Waals surface area contributed by atoms with Gasteiger partial charge < -0.3 is 5.32 Å². The summed E-state index contributed by atoms with van der Waals surface area (Å²) in [5.74, 6) is 1.48. The van der Waals surface area contributed by atoms with Crippen molar-refractivity contribution in [3.05, 3.63) is 74.1 Å². The van der Waals surface area contributed by atoms with Crippen molar-refractivity contribution in [2.75, 3.05) is 5.32 Å². The number of rotatable bonds is 8. The average molecular weight is 442 g/mol. The lowest BCUT2D eigenvalue weighted by atomic mass is 10.2. The second-order valence-electron chi connectivity index (χ2n) is 6.38. The summed E-state index contributed by atoms with van der Waals surface area (Å²) in [6.07, 6.45) is 1.04. The van der Waals surface area contributed by atoms with Gasteiger partial charge in [0.15, 0.2) is 0 Å². The third kappa shape index (κ3) is 5.53. The van der Waals surface area contributed by atoms with E-state index in [1.165, 1.54) is 28.0 Å². The maximum atomic E-state index is 12.3. The molecule has 4 rings (SSSR count). The first-order valence-corrected chi connectivity index (χ1v) is 11.8. The van der Waals surface area contributed by atoms with Crippen LogP contribution in [0.4, 0.5) is 5.69 Å². The number of para-hydroxylation sites is 1. The summed E-state index contributed by atoms with van der Waals surface area (Å²) in [5, 5.41) is 15.8. The number of aromatic amines is 1. The van der Waals surface area contributed by atoms with Gasteiger partial charge in [0.2, 0.25) is 11.1 Å². The molecule has 0 atom stereocenters. The van der Waals surface area contributed by atoms with Gasteiger partial charge in [-0.15, -0.1) is 27.8 Å². The van der Waals surface area contributed by atoms with Gasteiger partial charge in [0.05, 0.1) is 12.1 Å². The Hall–Kier alpha value is -2.49. The van der Waals surface area contributed by atoms with Crippen molar-refractivity contribution in [1.29, 1.82) is 0 Å². The quantitative estimate of drug-likeness (QED) is 0.387. The van der Waals surface area contributed by atoms with E-state index in [-0.39, 0.29) is 12.3 Å². The van der Waals surface area contributed by atoms with E-state index in [1.54, 1.807) is 11.3 Å². The van der Waals surface area contributed by atoms with E-state index in [0.29, 0.717) is 10.9 Å². The number of thioether (sulfide) groups is 1. The number of thiophene rings is 1. The Morgan fingerprint density at radius 1 is 1.17 bits per heavy atom. The molecule has 0 saturated carbocycles. The van der Waals surface area contributed by atoms with Gasteiger partial charge in [-0.2, -0.15) is 0 Å². The smallest absolute Gasteiger partial charge is 0.231 e. The van der Waals surface area contributed by atoms with Gasteiger partial charge in [0.25, 0.3) is 0 Å². The summed E-state index contributed by atoms with van der Waals surface area (Å²) in [5.41, 5.74) is 2.82. The van der Waals surface area contributed by atoms with E-state index >= 15 is 0 Å². The fourth-order valence-electron chi connectivity index (χ4n) is 2.68. The van der Waals surface area contributed by atoms with Crippen molar-refractivity contribution >= 4 is 46.0 Å². The van der Waals surface area contributed by atoms with Crippen LogP contribution in [0.2, 0.25) is 0 Å². The molecule has 29 heavy (non-hydrogen) atoms. The SMILES string of the molecule is Cc1ccccc1NC(=O)Cc1nc(CSc2n[nH]c(Cc3cccs3)n2)cs1. The Bertz CT molecular complexity index is 1090. The Kier molecular flexibility index (Phi) is 6.38. The van der Waals surface area contributed by atoms with Gasteiger partial charge in [0, 0.05) is 28.1 Å². The molecule has 0 unspecified atom stereocenters. The normalized spacial score (nSPS) is 10.9. The topological polar surface area (TPSA) is 83.6 Å². The van der Waals surface area contributed by atoms with Gasteiger partial charge in [-0.05, 0) is 30.0 Å². The lowest BCUT2D eigenvalue weighted by molar-refractivity contribution is -0.115. The molecule has 1 amide bonds. The fourth-order valence-corrected chi connectivity index (χ4v) is 5.00. The van der Waals surface area contributed by atoms with Gasteiger partial charge in [0.1, 0.15) is 10.8 Å². The minimum absolute atomic E-state index is 0.0555. The largest absolute Gasteiger partial charge is 0.325 e. The lowest BCUT2D eigenvalue weighted by Crippen LogP contribution is -2.15. The van der Waals surface area contributed by atoms with Crippen molar-refractivity contribution in [2.45, 2.75) is 30.7 Å². The van der Waals surface area contributed by atoms with E-state index in [9.17, 15) is 4.79 Å². The number of hydrogen-bond donors (Lipinski definition) is 2. The van der Waals surface area contributed by atoms with Crippen molar-refractivity contribution in [3.63, 3.8) is 0 Å².